The van der Waals surface area contributed by atoms with Crippen LogP contribution in [0.2, 0.25) is 0 Å². The van der Waals surface area contributed by atoms with Crippen molar-refractivity contribution in [1.82, 2.24) is 5.32 Å². The van der Waals surface area contributed by atoms with Crippen molar-refractivity contribution in [3.05, 3.63) is 29.8 Å². The first-order valence-electron chi connectivity index (χ1n) is 7.77. The molecule has 106 valence electrons. The molecule has 0 aromatic heterocycles. The van der Waals surface area contributed by atoms with Crippen molar-refractivity contribution in [2.75, 3.05) is 18.0 Å². The van der Waals surface area contributed by atoms with Gasteiger partial charge >= 0.3 is 0 Å². The highest BCUT2D eigenvalue weighted by Gasteiger charge is 2.19. The molecule has 2 heteroatoms. The van der Waals surface area contributed by atoms with Gasteiger partial charge in [-0.05, 0) is 36.8 Å². The van der Waals surface area contributed by atoms with Crippen LogP contribution >= 0.6 is 0 Å². The third-order valence-corrected chi connectivity index (χ3v) is 4.06. The quantitative estimate of drug-likeness (QED) is 0.866. The van der Waals surface area contributed by atoms with Crippen molar-refractivity contribution in [3.8, 4) is 0 Å². The van der Waals surface area contributed by atoms with E-state index in [0.29, 0.717) is 6.04 Å². The van der Waals surface area contributed by atoms with E-state index < -0.39 is 0 Å². The summed E-state index contributed by atoms with van der Waals surface area (Å²) in [7, 11) is 0. The van der Waals surface area contributed by atoms with Gasteiger partial charge in [0.05, 0.1) is 0 Å². The first-order valence-corrected chi connectivity index (χ1v) is 7.77. The van der Waals surface area contributed by atoms with Crippen LogP contribution in [-0.2, 0) is 6.54 Å². The maximum absolute atomic E-state index is 3.67. The molecule has 1 aliphatic heterocycles. The van der Waals surface area contributed by atoms with Crippen LogP contribution in [-0.4, -0.2) is 19.1 Å². The Labute approximate surface area is 118 Å². The highest BCUT2D eigenvalue weighted by Crippen LogP contribution is 2.24. The van der Waals surface area contributed by atoms with Crippen LogP contribution in [0, 0.1) is 5.92 Å². The minimum Gasteiger partial charge on any atom is -0.370 e. The van der Waals surface area contributed by atoms with Crippen molar-refractivity contribution < 1.29 is 0 Å². The standard InChI is InChI=1S/C17H28N2/c1-4-16-13-19(11-7-8-14(2)3)17-10-6-5-9-15(17)12-18-16/h5-6,9-10,14,16,18H,4,7-8,11-13H2,1-3H3. The molecular formula is C17H28N2. The van der Waals surface area contributed by atoms with Gasteiger partial charge in [-0.2, -0.15) is 0 Å². The van der Waals surface area contributed by atoms with Crippen LogP contribution in [0.4, 0.5) is 5.69 Å². The van der Waals surface area contributed by atoms with Crippen molar-refractivity contribution in [1.29, 1.82) is 0 Å². The fraction of sp³-hybridized carbons (Fsp3) is 0.647. The lowest BCUT2D eigenvalue weighted by atomic mass is 10.1. The van der Waals surface area contributed by atoms with Crippen LogP contribution in [0.5, 0.6) is 0 Å². The highest BCUT2D eigenvalue weighted by molar-refractivity contribution is 5.54. The van der Waals surface area contributed by atoms with Gasteiger partial charge in [0.25, 0.3) is 0 Å². The molecule has 2 nitrogen and oxygen atoms in total. The van der Waals surface area contributed by atoms with E-state index >= 15 is 0 Å². The van der Waals surface area contributed by atoms with E-state index in [1.54, 1.807) is 0 Å². The molecule has 1 N–H and O–H groups in total. The highest BCUT2D eigenvalue weighted by atomic mass is 15.2. The predicted molar refractivity (Wildman–Crippen MR) is 83.6 cm³/mol. The number of benzene rings is 1. The fourth-order valence-electron chi connectivity index (χ4n) is 2.83. The monoisotopic (exact) mass is 260 g/mol. The van der Waals surface area contributed by atoms with Crippen molar-refractivity contribution >= 4 is 5.69 Å². The number of fused-ring (bicyclic) bond motifs is 1. The first-order chi connectivity index (χ1) is 9.20. The number of rotatable bonds is 5. The summed E-state index contributed by atoms with van der Waals surface area (Å²) in [5.74, 6) is 0.808. The zero-order valence-electron chi connectivity index (χ0n) is 12.7. The summed E-state index contributed by atoms with van der Waals surface area (Å²) in [6, 6.07) is 9.48. The summed E-state index contributed by atoms with van der Waals surface area (Å²) in [5.41, 5.74) is 2.89. The molecule has 0 saturated heterocycles. The second kappa shape index (κ2) is 6.95. The molecular weight excluding hydrogens is 232 g/mol. The third-order valence-electron chi connectivity index (χ3n) is 4.06. The summed E-state index contributed by atoms with van der Waals surface area (Å²) in [5, 5.41) is 3.67. The minimum atomic E-state index is 0.617. The van der Waals surface area contributed by atoms with Gasteiger partial charge in [0.2, 0.25) is 0 Å². The Balaban J connectivity index is 2.08. The topological polar surface area (TPSA) is 15.3 Å². The van der Waals surface area contributed by atoms with E-state index in [1.165, 1.54) is 37.1 Å². The van der Waals surface area contributed by atoms with Crippen LogP contribution in [0.25, 0.3) is 0 Å². The number of nitrogens with one attached hydrogen (secondary N) is 1. The van der Waals surface area contributed by atoms with Gasteiger partial charge in [-0.1, -0.05) is 39.0 Å². The number of para-hydroxylation sites is 1. The van der Waals surface area contributed by atoms with E-state index in [4.69, 9.17) is 0 Å². The third kappa shape index (κ3) is 3.97. The molecule has 0 fully saturated rings. The van der Waals surface area contributed by atoms with Crippen molar-refractivity contribution in [2.24, 2.45) is 5.92 Å². The van der Waals surface area contributed by atoms with Gasteiger partial charge in [-0.25, -0.2) is 0 Å². The van der Waals surface area contributed by atoms with Crippen LogP contribution < -0.4 is 10.2 Å². The number of hydrogen-bond acceptors (Lipinski definition) is 2. The number of anilines is 1. The molecule has 0 spiro atoms. The number of hydrogen-bond donors (Lipinski definition) is 1. The van der Waals surface area contributed by atoms with Gasteiger partial charge < -0.3 is 10.2 Å². The van der Waals surface area contributed by atoms with Crippen LogP contribution in [0.15, 0.2) is 24.3 Å². The molecule has 1 atom stereocenters. The van der Waals surface area contributed by atoms with Gasteiger partial charge in [-0.15, -0.1) is 0 Å². The molecule has 19 heavy (non-hydrogen) atoms. The first kappa shape index (κ1) is 14.4. The summed E-state index contributed by atoms with van der Waals surface area (Å²) < 4.78 is 0. The Morgan fingerprint density at radius 1 is 1.32 bits per heavy atom. The fourth-order valence-corrected chi connectivity index (χ4v) is 2.83. The largest absolute Gasteiger partial charge is 0.370 e. The molecule has 1 unspecified atom stereocenters. The molecule has 1 heterocycles. The molecule has 0 bridgehead atoms. The molecule has 0 radical (unpaired) electrons. The molecule has 2 rings (SSSR count). The van der Waals surface area contributed by atoms with Gasteiger partial charge in [-0.3, -0.25) is 0 Å². The minimum absolute atomic E-state index is 0.617. The molecule has 1 aromatic carbocycles. The Morgan fingerprint density at radius 3 is 2.84 bits per heavy atom. The maximum atomic E-state index is 3.67. The van der Waals surface area contributed by atoms with Gasteiger partial charge in [0.15, 0.2) is 0 Å². The second-order valence-electron chi connectivity index (χ2n) is 6.10. The summed E-state index contributed by atoms with van der Waals surface area (Å²) in [6.07, 6.45) is 3.82. The number of nitrogens with zero attached hydrogens (tertiary/aromatic N) is 1. The van der Waals surface area contributed by atoms with Gasteiger partial charge in [0.1, 0.15) is 0 Å². The average Bonchev–Trinajstić information content (AvgIpc) is 2.58. The average molecular weight is 260 g/mol. The smallest absolute Gasteiger partial charge is 0.0412 e. The lowest BCUT2D eigenvalue weighted by Crippen LogP contribution is -2.38. The van der Waals surface area contributed by atoms with Crippen LogP contribution in [0.3, 0.4) is 0 Å². The van der Waals surface area contributed by atoms with Gasteiger partial charge in [0, 0.05) is 31.4 Å². The van der Waals surface area contributed by atoms with E-state index in [1.807, 2.05) is 0 Å². The van der Waals surface area contributed by atoms with Crippen LogP contribution in [0.1, 0.15) is 45.6 Å². The molecule has 0 saturated carbocycles. The van der Waals surface area contributed by atoms with E-state index in [0.717, 1.165) is 19.0 Å². The van der Waals surface area contributed by atoms with E-state index in [-0.39, 0.29) is 0 Å². The molecule has 1 aliphatic rings. The lowest BCUT2D eigenvalue weighted by molar-refractivity contribution is 0.490. The van der Waals surface area contributed by atoms with E-state index in [9.17, 15) is 0 Å². The maximum Gasteiger partial charge on any atom is 0.0412 e. The Hall–Kier alpha value is -1.02. The Morgan fingerprint density at radius 2 is 2.11 bits per heavy atom. The van der Waals surface area contributed by atoms with E-state index in [2.05, 4.69) is 55.3 Å². The SMILES string of the molecule is CCC1CN(CCCC(C)C)c2ccccc2CN1. The summed E-state index contributed by atoms with van der Waals surface area (Å²) in [6.45, 7) is 10.2. The molecule has 0 amide bonds. The predicted octanol–water partition coefficient (Wildman–Crippen LogP) is 3.81. The summed E-state index contributed by atoms with van der Waals surface area (Å²) in [4.78, 5) is 2.59. The van der Waals surface area contributed by atoms with Crippen molar-refractivity contribution in [2.45, 2.75) is 52.6 Å². The zero-order chi connectivity index (χ0) is 13.7. The lowest BCUT2D eigenvalue weighted by Gasteiger charge is -2.27. The normalized spacial score (nSPS) is 19.4. The molecule has 0 aliphatic carbocycles. The molecule has 1 aromatic rings. The Bertz CT molecular complexity index is 387. The summed E-state index contributed by atoms with van der Waals surface area (Å²) >= 11 is 0. The Kier molecular flexibility index (Phi) is 5.26. The second-order valence-corrected chi connectivity index (χ2v) is 6.10. The van der Waals surface area contributed by atoms with Crippen molar-refractivity contribution in [3.63, 3.8) is 0 Å². The zero-order valence-corrected chi connectivity index (χ0v) is 12.7.